The van der Waals surface area contributed by atoms with Crippen molar-refractivity contribution in [3.05, 3.63) is 30.1 Å². The molecule has 0 radical (unpaired) electrons. The van der Waals surface area contributed by atoms with Crippen LogP contribution in [-0.4, -0.2) is 47.8 Å². The molecule has 2 saturated heterocycles. The van der Waals surface area contributed by atoms with Gasteiger partial charge in [0.15, 0.2) is 0 Å². The number of alkyl halides is 3. The smallest absolute Gasteiger partial charge is 0.302 e. The van der Waals surface area contributed by atoms with Crippen LogP contribution in [0.25, 0.3) is 0 Å². The number of hydrogen-bond donors (Lipinski definition) is 2. The third kappa shape index (κ3) is 3.36. The summed E-state index contributed by atoms with van der Waals surface area (Å²) in [5, 5.41) is 0. The summed E-state index contributed by atoms with van der Waals surface area (Å²) >= 11 is 0. The summed E-state index contributed by atoms with van der Waals surface area (Å²) in [7, 11) is 0. The molecular weight excluding hydrogens is 281 g/mol. The van der Waals surface area contributed by atoms with Crippen molar-refractivity contribution in [1.82, 2.24) is 20.7 Å². The van der Waals surface area contributed by atoms with Crippen molar-refractivity contribution in [2.45, 2.75) is 31.1 Å². The molecule has 3 rings (SSSR count). The number of halogens is 3. The summed E-state index contributed by atoms with van der Waals surface area (Å²) in [6, 6.07) is 4.21. The first-order chi connectivity index (χ1) is 10.0. The van der Waals surface area contributed by atoms with Gasteiger partial charge >= 0.3 is 6.18 Å². The van der Waals surface area contributed by atoms with E-state index in [1.165, 1.54) is 0 Å². The summed E-state index contributed by atoms with van der Waals surface area (Å²) in [4.78, 5) is 6.37. The Morgan fingerprint density at radius 3 is 2.86 bits per heavy atom. The average Bonchev–Trinajstić information content (AvgIpc) is 2.89. The van der Waals surface area contributed by atoms with E-state index in [9.17, 15) is 13.2 Å². The minimum Gasteiger partial charge on any atom is -0.302 e. The van der Waals surface area contributed by atoms with Crippen LogP contribution in [0.3, 0.4) is 0 Å². The van der Waals surface area contributed by atoms with Gasteiger partial charge in [-0.05, 0) is 25.1 Å². The highest BCUT2D eigenvalue weighted by Crippen LogP contribution is 2.33. The van der Waals surface area contributed by atoms with Gasteiger partial charge in [-0.3, -0.25) is 10.4 Å². The lowest BCUT2D eigenvalue weighted by molar-refractivity contribution is -0.164. The minimum atomic E-state index is -4.20. The highest BCUT2D eigenvalue weighted by molar-refractivity contribution is 5.04. The molecule has 2 aliphatic rings. The molecule has 0 amide bonds. The fourth-order valence-corrected chi connectivity index (χ4v) is 3.22. The largest absolute Gasteiger partial charge is 0.405 e. The van der Waals surface area contributed by atoms with E-state index in [0.29, 0.717) is 6.54 Å². The topological polar surface area (TPSA) is 40.2 Å². The molecule has 2 aliphatic heterocycles. The molecule has 1 aromatic rings. The number of fused-ring (bicyclic) bond motifs is 1. The predicted molar refractivity (Wildman–Crippen MR) is 72.4 cm³/mol. The van der Waals surface area contributed by atoms with E-state index in [1.807, 2.05) is 18.2 Å². The lowest BCUT2D eigenvalue weighted by Crippen LogP contribution is -2.50. The number of hydrazine groups is 1. The standard InChI is InChI=1S/C14H19F3N4/c15-14(16,17)13-11-9-21(8-5-12(11)19-20-13)7-4-10-3-1-2-6-18-10/h1-3,6,11-13,19-20H,4-5,7-9H2. The monoisotopic (exact) mass is 300 g/mol. The van der Waals surface area contributed by atoms with Gasteiger partial charge in [0.1, 0.15) is 6.04 Å². The molecule has 4 nitrogen and oxygen atoms in total. The molecule has 7 heteroatoms. The number of likely N-dealkylation sites (tertiary alicyclic amines) is 1. The third-order valence-electron chi connectivity index (χ3n) is 4.36. The van der Waals surface area contributed by atoms with Gasteiger partial charge in [0.25, 0.3) is 0 Å². The predicted octanol–water partition coefficient (Wildman–Crippen LogP) is 1.35. The Morgan fingerprint density at radius 2 is 2.14 bits per heavy atom. The Morgan fingerprint density at radius 1 is 1.29 bits per heavy atom. The fraction of sp³-hybridized carbons (Fsp3) is 0.643. The van der Waals surface area contributed by atoms with Crippen molar-refractivity contribution in [3.8, 4) is 0 Å². The van der Waals surface area contributed by atoms with Crippen LogP contribution in [0.2, 0.25) is 0 Å². The van der Waals surface area contributed by atoms with Gasteiger partial charge in [-0.1, -0.05) is 6.07 Å². The second kappa shape index (κ2) is 5.90. The molecule has 2 N–H and O–H groups in total. The van der Waals surface area contributed by atoms with E-state index in [4.69, 9.17) is 0 Å². The molecule has 2 fully saturated rings. The molecule has 0 saturated carbocycles. The molecule has 3 heterocycles. The first-order valence-electron chi connectivity index (χ1n) is 7.24. The first-order valence-corrected chi connectivity index (χ1v) is 7.24. The summed E-state index contributed by atoms with van der Waals surface area (Å²) in [6.45, 7) is 2.06. The van der Waals surface area contributed by atoms with Crippen LogP contribution in [0.4, 0.5) is 13.2 Å². The number of nitrogens with zero attached hydrogens (tertiary/aromatic N) is 2. The van der Waals surface area contributed by atoms with Crippen LogP contribution in [-0.2, 0) is 6.42 Å². The first kappa shape index (κ1) is 14.7. The number of rotatable bonds is 3. The Hall–Kier alpha value is -1.18. The summed E-state index contributed by atoms with van der Waals surface area (Å²) < 4.78 is 38.9. The number of pyridine rings is 1. The van der Waals surface area contributed by atoms with Crippen LogP contribution in [0, 0.1) is 5.92 Å². The second-order valence-corrected chi connectivity index (χ2v) is 5.74. The Kier molecular flexibility index (Phi) is 4.14. The van der Waals surface area contributed by atoms with Gasteiger partial charge in [0, 0.05) is 43.4 Å². The van der Waals surface area contributed by atoms with E-state index >= 15 is 0 Å². The molecule has 3 unspecified atom stereocenters. The average molecular weight is 300 g/mol. The van der Waals surface area contributed by atoms with Gasteiger partial charge in [0.2, 0.25) is 0 Å². The van der Waals surface area contributed by atoms with Gasteiger partial charge in [-0.15, -0.1) is 0 Å². The van der Waals surface area contributed by atoms with Crippen LogP contribution >= 0.6 is 0 Å². The zero-order valence-corrected chi connectivity index (χ0v) is 11.6. The van der Waals surface area contributed by atoms with Crippen LogP contribution in [0.1, 0.15) is 12.1 Å². The molecule has 1 aromatic heterocycles. The Balaban J connectivity index is 1.57. The summed E-state index contributed by atoms with van der Waals surface area (Å²) in [5.41, 5.74) is 6.20. The molecule has 0 aliphatic carbocycles. The van der Waals surface area contributed by atoms with Gasteiger partial charge in [-0.25, -0.2) is 5.43 Å². The summed E-state index contributed by atoms with van der Waals surface area (Å²) in [6.07, 6.45) is -0.940. The Labute approximate surface area is 121 Å². The van der Waals surface area contributed by atoms with Crippen molar-refractivity contribution >= 4 is 0 Å². The van der Waals surface area contributed by atoms with Gasteiger partial charge in [-0.2, -0.15) is 13.2 Å². The molecule has 3 atom stereocenters. The molecule has 0 bridgehead atoms. The van der Waals surface area contributed by atoms with E-state index < -0.39 is 18.1 Å². The molecular formula is C14H19F3N4. The number of nitrogens with one attached hydrogen (secondary N) is 2. The third-order valence-corrected chi connectivity index (χ3v) is 4.36. The minimum absolute atomic E-state index is 0.0808. The van der Waals surface area contributed by atoms with Crippen molar-refractivity contribution < 1.29 is 13.2 Å². The highest BCUT2D eigenvalue weighted by Gasteiger charge is 2.52. The van der Waals surface area contributed by atoms with E-state index in [2.05, 4.69) is 20.7 Å². The Bertz CT molecular complexity index is 465. The fourth-order valence-electron chi connectivity index (χ4n) is 3.22. The van der Waals surface area contributed by atoms with Crippen molar-refractivity contribution in [2.75, 3.05) is 19.6 Å². The van der Waals surface area contributed by atoms with Gasteiger partial charge < -0.3 is 4.90 Å². The highest BCUT2D eigenvalue weighted by atomic mass is 19.4. The second-order valence-electron chi connectivity index (χ2n) is 5.74. The molecule has 0 spiro atoms. The molecule has 116 valence electrons. The van der Waals surface area contributed by atoms with Crippen LogP contribution in [0.5, 0.6) is 0 Å². The lowest BCUT2D eigenvalue weighted by Gasteiger charge is -2.36. The van der Waals surface area contributed by atoms with E-state index in [1.54, 1.807) is 6.20 Å². The van der Waals surface area contributed by atoms with Crippen molar-refractivity contribution in [1.29, 1.82) is 0 Å². The normalized spacial score (nSPS) is 30.3. The maximum Gasteiger partial charge on any atom is 0.405 e. The quantitative estimate of drug-likeness (QED) is 0.884. The van der Waals surface area contributed by atoms with E-state index in [-0.39, 0.29) is 6.04 Å². The van der Waals surface area contributed by atoms with Crippen molar-refractivity contribution in [3.63, 3.8) is 0 Å². The van der Waals surface area contributed by atoms with Gasteiger partial charge in [0.05, 0.1) is 0 Å². The lowest BCUT2D eigenvalue weighted by atomic mass is 9.88. The SMILES string of the molecule is FC(F)(F)C1NNC2CCN(CCc3ccccn3)CC21. The summed E-state index contributed by atoms with van der Waals surface area (Å²) in [5.74, 6) is -0.414. The molecule has 21 heavy (non-hydrogen) atoms. The molecule has 0 aromatic carbocycles. The van der Waals surface area contributed by atoms with Crippen molar-refractivity contribution in [2.24, 2.45) is 5.92 Å². The van der Waals surface area contributed by atoms with Crippen LogP contribution < -0.4 is 10.9 Å². The number of aromatic nitrogens is 1. The maximum absolute atomic E-state index is 13.0. The zero-order valence-electron chi connectivity index (χ0n) is 11.6. The zero-order chi connectivity index (χ0) is 14.9. The van der Waals surface area contributed by atoms with E-state index in [0.717, 1.165) is 31.6 Å². The van der Waals surface area contributed by atoms with Crippen LogP contribution in [0.15, 0.2) is 24.4 Å². The maximum atomic E-state index is 13.0. The number of piperidine rings is 1. The number of hydrogen-bond acceptors (Lipinski definition) is 4.